The fourth-order valence-corrected chi connectivity index (χ4v) is 3.97. The lowest BCUT2D eigenvalue weighted by atomic mass is 10.0. The zero-order valence-electron chi connectivity index (χ0n) is 17.5. The highest BCUT2D eigenvalue weighted by Crippen LogP contribution is 2.25. The predicted molar refractivity (Wildman–Crippen MR) is 124 cm³/mol. The highest BCUT2D eigenvalue weighted by Gasteiger charge is 2.21. The molecule has 0 bridgehead atoms. The lowest BCUT2D eigenvalue weighted by Crippen LogP contribution is -2.16. The van der Waals surface area contributed by atoms with Crippen molar-refractivity contribution < 1.29 is 14.0 Å². The van der Waals surface area contributed by atoms with Gasteiger partial charge in [-0.15, -0.1) is 11.3 Å². The van der Waals surface area contributed by atoms with Crippen LogP contribution in [0.4, 0.5) is 15.8 Å². The van der Waals surface area contributed by atoms with E-state index in [1.807, 2.05) is 25.3 Å². The molecule has 2 N–H and O–H groups in total. The first-order valence-electron chi connectivity index (χ1n) is 10.0. The van der Waals surface area contributed by atoms with Gasteiger partial charge >= 0.3 is 0 Å². The summed E-state index contributed by atoms with van der Waals surface area (Å²) in [5.41, 5.74) is 2.94. The third kappa shape index (κ3) is 4.60. The summed E-state index contributed by atoms with van der Waals surface area (Å²) in [7, 11) is 0. The molecule has 0 saturated heterocycles. The largest absolute Gasteiger partial charge is 0.322 e. The second kappa shape index (κ2) is 9.15. The molecule has 2 heterocycles. The van der Waals surface area contributed by atoms with Crippen LogP contribution in [0.2, 0.25) is 0 Å². The van der Waals surface area contributed by atoms with Gasteiger partial charge in [0.05, 0.1) is 28.0 Å². The highest BCUT2D eigenvalue weighted by molar-refractivity contribution is 7.12. The molecule has 0 radical (unpaired) electrons. The lowest BCUT2D eigenvalue weighted by molar-refractivity contribution is 0.102. The molecule has 6 nitrogen and oxygen atoms in total. The fourth-order valence-electron chi connectivity index (χ4n) is 3.35. The molecular formula is C24H21FN4O2S. The van der Waals surface area contributed by atoms with Gasteiger partial charge in [-0.2, -0.15) is 5.10 Å². The Morgan fingerprint density at radius 1 is 0.969 bits per heavy atom. The number of anilines is 2. The van der Waals surface area contributed by atoms with Gasteiger partial charge < -0.3 is 10.6 Å². The van der Waals surface area contributed by atoms with Crippen molar-refractivity contribution in [2.45, 2.75) is 19.8 Å². The minimum atomic E-state index is -0.337. The van der Waals surface area contributed by atoms with Gasteiger partial charge in [0.1, 0.15) is 5.82 Å². The Hall–Kier alpha value is -3.78. The standard InChI is InChI=1S/C24H21FN4O2S/c1-15(2)22-20(14-26-29(22)19-10-8-16(25)9-11-19)23(30)27-17-5-3-6-18(13-17)28-24(31)21-7-4-12-32-21/h3-15H,1-2H3,(H,27,30)(H,28,31). The molecule has 0 unspecified atom stereocenters. The van der Waals surface area contributed by atoms with E-state index in [1.54, 1.807) is 47.1 Å². The molecule has 2 aromatic carbocycles. The Morgan fingerprint density at radius 3 is 2.28 bits per heavy atom. The molecular weight excluding hydrogens is 427 g/mol. The lowest BCUT2D eigenvalue weighted by Gasteiger charge is -2.13. The van der Waals surface area contributed by atoms with Gasteiger partial charge in [0.15, 0.2) is 0 Å². The Balaban J connectivity index is 1.55. The number of aromatic nitrogens is 2. The van der Waals surface area contributed by atoms with Crippen LogP contribution >= 0.6 is 11.3 Å². The van der Waals surface area contributed by atoms with Crippen LogP contribution in [0, 0.1) is 5.82 Å². The zero-order valence-corrected chi connectivity index (χ0v) is 18.3. The van der Waals surface area contributed by atoms with Crippen molar-refractivity contribution in [2.24, 2.45) is 0 Å². The number of nitrogens with zero attached hydrogens (tertiary/aromatic N) is 2. The number of halogens is 1. The minimum Gasteiger partial charge on any atom is -0.322 e. The Labute approximate surface area is 188 Å². The zero-order chi connectivity index (χ0) is 22.7. The van der Waals surface area contributed by atoms with Crippen LogP contribution < -0.4 is 10.6 Å². The summed E-state index contributed by atoms with van der Waals surface area (Å²) in [6.07, 6.45) is 1.51. The van der Waals surface area contributed by atoms with E-state index in [4.69, 9.17) is 0 Å². The average molecular weight is 449 g/mol. The van der Waals surface area contributed by atoms with Crippen molar-refractivity contribution in [1.82, 2.24) is 9.78 Å². The summed E-state index contributed by atoms with van der Waals surface area (Å²) < 4.78 is 15.0. The third-order valence-electron chi connectivity index (χ3n) is 4.79. The minimum absolute atomic E-state index is 0.000258. The van der Waals surface area contributed by atoms with Gasteiger partial charge in [-0.3, -0.25) is 9.59 Å². The van der Waals surface area contributed by atoms with E-state index in [0.29, 0.717) is 27.5 Å². The summed E-state index contributed by atoms with van der Waals surface area (Å²) >= 11 is 1.36. The molecule has 0 saturated carbocycles. The van der Waals surface area contributed by atoms with Crippen molar-refractivity contribution in [3.63, 3.8) is 0 Å². The number of thiophene rings is 1. The van der Waals surface area contributed by atoms with Crippen molar-refractivity contribution in [3.8, 4) is 5.69 Å². The number of benzene rings is 2. The van der Waals surface area contributed by atoms with Crippen LogP contribution in [0.15, 0.2) is 72.2 Å². The highest BCUT2D eigenvalue weighted by atomic mass is 32.1. The van der Waals surface area contributed by atoms with Gasteiger partial charge in [-0.05, 0) is 59.8 Å². The van der Waals surface area contributed by atoms with Crippen molar-refractivity contribution >= 4 is 34.5 Å². The molecule has 0 aliphatic rings. The number of carbonyl (C=O) groups is 2. The van der Waals surface area contributed by atoms with Gasteiger partial charge in [0.2, 0.25) is 0 Å². The number of carbonyl (C=O) groups excluding carboxylic acids is 2. The van der Waals surface area contributed by atoms with Crippen molar-refractivity contribution in [1.29, 1.82) is 0 Å². The second-order valence-corrected chi connectivity index (χ2v) is 8.40. The first-order valence-corrected chi connectivity index (χ1v) is 10.9. The Bertz CT molecular complexity index is 1250. The van der Waals surface area contributed by atoms with Crippen LogP contribution in [0.1, 0.15) is 45.5 Å². The molecule has 0 aliphatic heterocycles. The van der Waals surface area contributed by atoms with E-state index in [-0.39, 0.29) is 23.5 Å². The maximum Gasteiger partial charge on any atom is 0.265 e. The van der Waals surface area contributed by atoms with E-state index in [1.165, 1.54) is 29.7 Å². The van der Waals surface area contributed by atoms with E-state index in [2.05, 4.69) is 15.7 Å². The summed E-state index contributed by atoms with van der Waals surface area (Å²) in [5, 5.41) is 11.9. The SMILES string of the molecule is CC(C)c1c(C(=O)Nc2cccc(NC(=O)c3cccs3)c2)cnn1-c1ccc(F)cc1. The molecule has 0 atom stereocenters. The second-order valence-electron chi connectivity index (χ2n) is 7.45. The first-order chi connectivity index (χ1) is 15.4. The van der Waals surface area contributed by atoms with Crippen molar-refractivity contribution in [2.75, 3.05) is 10.6 Å². The van der Waals surface area contributed by atoms with Gasteiger partial charge in [-0.1, -0.05) is 26.0 Å². The monoisotopic (exact) mass is 448 g/mol. The molecule has 8 heteroatoms. The molecule has 4 aromatic rings. The number of amides is 2. The van der Waals surface area contributed by atoms with Gasteiger partial charge in [0, 0.05) is 11.4 Å². The van der Waals surface area contributed by atoms with Crippen LogP contribution in [0.3, 0.4) is 0 Å². The maximum absolute atomic E-state index is 13.3. The van der Waals surface area contributed by atoms with E-state index in [0.717, 1.165) is 5.69 Å². The summed E-state index contributed by atoms with van der Waals surface area (Å²) in [5.74, 6) is -0.856. The average Bonchev–Trinajstić information content (AvgIpc) is 3.45. The molecule has 4 rings (SSSR count). The van der Waals surface area contributed by atoms with Crippen LogP contribution in [0.5, 0.6) is 0 Å². The number of rotatable bonds is 6. The quantitative estimate of drug-likeness (QED) is 0.397. The molecule has 32 heavy (non-hydrogen) atoms. The van der Waals surface area contributed by atoms with Gasteiger partial charge in [-0.25, -0.2) is 9.07 Å². The molecule has 2 aromatic heterocycles. The predicted octanol–water partition coefficient (Wildman–Crippen LogP) is 5.70. The third-order valence-corrected chi connectivity index (χ3v) is 5.66. The van der Waals surface area contributed by atoms with Gasteiger partial charge in [0.25, 0.3) is 11.8 Å². The maximum atomic E-state index is 13.3. The summed E-state index contributed by atoms with van der Waals surface area (Å²) in [4.78, 5) is 25.9. The number of hydrogen-bond acceptors (Lipinski definition) is 4. The van der Waals surface area contributed by atoms with Crippen LogP contribution in [-0.2, 0) is 0 Å². The summed E-state index contributed by atoms with van der Waals surface area (Å²) in [6.45, 7) is 3.93. The van der Waals surface area contributed by atoms with E-state index < -0.39 is 0 Å². The van der Waals surface area contributed by atoms with E-state index >= 15 is 0 Å². The summed E-state index contributed by atoms with van der Waals surface area (Å²) in [6, 6.07) is 16.5. The fraction of sp³-hybridized carbons (Fsp3) is 0.125. The Kier molecular flexibility index (Phi) is 6.13. The molecule has 162 valence electrons. The van der Waals surface area contributed by atoms with Crippen molar-refractivity contribution in [3.05, 3.63) is 94.2 Å². The molecule has 0 aliphatic carbocycles. The number of nitrogens with one attached hydrogen (secondary N) is 2. The molecule has 0 spiro atoms. The molecule has 2 amide bonds. The normalized spacial score (nSPS) is 10.9. The van der Waals surface area contributed by atoms with Crippen LogP contribution in [-0.4, -0.2) is 21.6 Å². The van der Waals surface area contributed by atoms with E-state index in [9.17, 15) is 14.0 Å². The molecule has 0 fully saturated rings. The smallest absolute Gasteiger partial charge is 0.265 e. The Morgan fingerprint density at radius 2 is 1.66 bits per heavy atom. The number of hydrogen-bond donors (Lipinski definition) is 2. The topological polar surface area (TPSA) is 76.0 Å². The van der Waals surface area contributed by atoms with Crippen LogP contribution in [0.25, 0.3) is 5.69 Å². The first kappa shape index (κ1) is 21.5.